The average Bonchev–Trinajstić information content (AvgIpc) is 0.923. The first kappa shape index (κ1) is 98.1. The van der Waals surface area contributed by atoms with E-state index in [2.05, 4.69) is 41.5 Å². The average molecular weight is 1470 g/mol. The zero-order valence-corrected chi connectivity index (χ0v) is 67.3. The molecule has 0 aliphatic rings. The van der Waals surface area contributed by atoms with E-state index in [1.165, 1.54) is 244 Å². The lowest BCUT2D eigenvalue weighted by Gasteiger charge is -2.21. The minimum absolute atomic E-state index is 0.107. The van der Waals surface area contributed by atoms with Crippen LogP contribution in [0.4, 0.5) is 0 Å². The molecule has 0 rings (SSSR count). The van der Waals surface area contributed by atoms with Crippen molar-refractivity contribution < 1.29 is 80.2 Å². The third kappa shape index (κ3) is 73.0. The fraction of sp³-hybridized carbons (Fsp3) is 0.951. The molecule has 0 aromatic rings. The monoisotopic (exact) mass is 1470 g/mol. The predicted molar refractivity (Wildman–Crippen MR) is 409 cm³/mol. The van der Waals surface area contributed by atoms with Crippen LogP contribution in [0.1, 0.15) is 427 Å². The largest absolute Gasteiger partial charge is 0.472 e. The number of aliphatic hydroxyl groups excluding tert-OH is 1. The van der Waals surface area contributed by atoms with Crippen LogP contribution in [-0.2, 0) is 65.4 Å². The highest BCUT2D eigenvalue weighted by molar-refractivity contribution is 7.47. The molecule has 0 spiro atoms. The summed E-state index contributed by atoms with van der Waals surface area (Å²) in [7, 11) is -9.92. The minimum atomic E-state index is -4.96. The van der Waals surface area contributed by atoms with E-state index in [9.17, 15) is 43.2 Å². The predicted octanol–water partition coefficient (Wildman–Crippen LogP) is 24.3. The van der Waals surface area contributed by atoms with Gasteiger partial charge in [-0.1, -0.05) is 375 Å². The first-order valence-electron chi connectivity index (χ1n) is 42.0. The number of unbranched alkanes of at least 4 members (excludes halogenated alkanes) is 49. The quantitative estimate of drug-likeness (QED) is 0.0222. The Hall–Kier alpha value is -1.94. The maximum absolute atomic E-state index is 13.1. The summed E-state index contributed by atoms with van der Waals surface area (Å²) < 4.78 is 68.7. The minimum Gasteiger partial charge on any atom is -0.462 e. The van der Waals surface area contributed by atoms with Crippen LogP contribution in [0.15, 0.2) is 0 Å². The van der Waals surface area contributed by atoms with Crippen molar-refractivity contribution in [3.05, 3.63) is 0 Å². The molecule has 0 heterocycles. The molecule has 0 aromatic carbocycles. The zero-order chi connectivity index (χ0) is 73.5. The molecule has 0 bridgehead atoms. The van der Waals surface area contributed by atoms with E-state index < -0.39 is 97.5 Å². The molecule has 19 heteroatoms. The summed E-state index contributed by atoms with van der Waals surface area (Å²) in [5, 5.41) is 10.6. The van der Waals surface area contributed by atoms with Crippen molar-refractivity contribution in [1.82, 2.24) is 0 Å². The molecule has 3 N–H and O–H groups in total. The standard InChI is InChI=1S/C81H158O17P2/c1-7-10-12-14-16-18-20-21-22-23-24-25-26-27-30-34-41-47-53-59-65-80(85)97-77(70-92-79(84)64-58-52-46-40-33-31-28-29-32-37-43-49-55-61-73(4)5)72-96-100(89,90)94-68-75(82)67-93-99(87,88)95-71-76(69-91-78(83)63-57-51-45-39-19-17-15-13-11-8-2)98-81(86)66-60-54-48-42-36-35-38-44-50-56-62-74(6)9-3/h73-77,82H,7-72H2,1-6H3,(H,87,88)(H,89,90)/t74?,75-,76+,77+/m0/s1. The maximum Gasteiger partial charge on any atom is 0.472 e. The summed E-state index contributed by atoms with van der Waals surface area (Å²) in [6, 6.07) is 0. The molecule has 0 aromatic heterocycles. The highest BCUT2D eigenvalue weighted by Gasteiger charge is 2.30. The van der Waals surface area contributed by atoms with Crippen molar-refractivity contribution in [2.75, 3.05) is 39.6 Å². The van der Waals surface area contributed by atoms with E-state index in [1.807, 2.05) is 0 Å². The van der Waals surface area contributed by atoms with Gasteiger partial charge in [-0.05, 0) is 37.5 Å². The zero-order valence-electron chi connectivity index (χ0n) is 65.5. The Morgan fingerprint density at radius 2 is 0.510 bits per heavy atom. The summed E-state index contributed by atoms with van der Waals surface area (Å²) in [5.74, 6) is -0.514. The van der Waals surface area contributed by atoms with Crippen LogP contribution in [-0.4, -0.2) is 96.7 Å². The normalized spacial score (nSPS) is 14.2. The smallest absolute Gasteiger partial charge is 0.462 e. The van der Waals surface area contributed by atoms with Crippen LogP contribution in [0.3, 0.4) is 0 Å². The highest BCUT2D eigenvalue weighted by atomic mass is 31.2. The Bertz CT molecular complexity index is 1930. The Balaban J connectivity index is 5.23. The van der Waals surface area contributed by atoms with Gasteiger partial charge in [-0.2, -0.15) is 0 Å². The van der Waals surface area contributed by atoms with Gasteiger partial charge in [0.2, 0.25) is 0 Å². The Labute approximate surface area is 613 Å². The molecule has 0 saturated carbocycles. The topological polar surface area (TPSA) is 237 Å². The number of aliphatic hydroxyl groups is 1. The molecule has 0 radical (unpaired) electrons. The first-order valence-corrected chi connectivity index (χ1v) is 45.0. The van der Waals surface area contributed by atoms with E-state index in [4.69, 9.17) is 37.0 Å². The molecule has 0 aliphatic heterocycles. The van der Waals surface area contributed by atoms with Gasteiger partial charge in [-0.15, -0.1) is 0 Å². The fourth-order valence-electron chi connectivity index (χ4n) is 12.5. The summed E-state index contributed by atoms with van der Waals surface area (Å²) in [4.78, 5) is 73.0. The number of ether oxygens (including phenoxy) is 4. The number of carbonyl (C=O) groups excluding carboxylic acids is 4. The molecule has 594 valence electrons. The van der Waals surface area contributed by atoms with Crippen molar-refractivity contribution in [1.29, 1.82) is 0 Å². The number of phosphoric ester groups is 2. The number of rotatable bonds is 80. The molecule has 3 unspecified atom stereocenters. The van der Waals surface area contributed by atoms with Crippen LogP contribution in [0, 0.1) is 11.8 Å². The lowest BCUT2D eigenvalue weighted by molar-refractivity contribution is -0.161. The van der Waals surface area contributed by atoms with Crippen molar-refractivity contribution >= 4 is 39.5 Å². The van der Waals surface area contributed by atoms with Crippen molar-refractivity contribution in [3.63, 3.8) is 0 Å². The molecule has 6 atom stereocenters. The van der Waals surface area contributed by atoms with Crippen molar-refractivity contribution in [3.8, 4) is 0 Å². The van der Waals surface area contributed by atoms with Gasteiger partial charge >= 0.3 is 39.5 Å². The molecule has 0 fully saturated rings. The maximum atomic E-state index is 13.1. The van der Waals surface area contributed by atoms with Gasteiger partial charge in [0.1, 0.15) is 19.3 Å². The van der Waals surface area contributed by atoms with E-state index in [1.54, 1.807) is 0 Å². The molecule has 0 saturated heterocycles. The summed E-state index contributed by atoms with van der Waals surface area (Å²) in [6.07, 6.45) is 62.3. The lowest BCUT2D eigenvalue weighted by atomic mass is 9.99. The molecule has 17 nitrogen and oxygen atoms in total. The lowest BCUT2D eigenvalue weighted by Crippen LogP contribution is -2.30. The molecular formula is C81H158O17P2. The van der Waals surface area contributed by atoms with Crippen LogP contribution in [0.25, 0.3) is 0 Å². The molecule has 0 aliphatic carbocycles. The summed E-state index contributed by atoms with van der Waals surface area (Å²) in [6.45, 7) is 9.67. The third-order valence-corrected chi connectivity index (χ3v) is 21.2. The van der Waals surface area contributed by atoms with Crippen LogP contribution >= 0.6 is 15.6 Å². The van der Waals surface area contributed by atoms with Crippen LogP contribution < -0.4 is 0 Å². The summed E-state index contributed by atoms with van der Waals surface area (Å²) in [5.41, 5.74) is 0. The Morgan fingerprint density at radius 3 is 0.760 bits per heavy atom. The first-order chi connectivity index (χ1) is 48.4. The second kappa shape index (κ2) is 72.6. The summed E-state index contributed by atoms with van der Waals surface area (Å²) >= 11 is 0. The van der Waals surface area contributed by atoms with Gasteiger partial charge in [-0.3, -0.25) is 37.3 Å². The number of esters is 4. The van der Waals surface area contributed by atoms with E-state index in [-0.39, 0.29) is 25.7 Å². The number of carbonyl (C=O) groups is 4. The van der Waals surface area contributed by atoms with Gasteiger partial charge in [-0.25, -0.2) is 9.13 Å². The fourth-order valence-corrected chi connectivity index (χ4v) is 14.1. The van der Waals surface area contributed by atoms with E-state index in [0.29, 0.717) is 25.7 Å². The van der Waals surface area contributed by atoms with Gasteiger partial charge in [0, 0.05) is 25.7 Å². The van der Waals surface area contributed by atoms with Crippen molar-refractivity contribution in [2.45, 2.75) is 445 Å². The highest BCUT2D eigenvalue weighted by Crippen LogP contribution is 2.45. The van der Waals surface area contributed by atoms with Gasteiger partial charge in [0.25, 0.3) is 0 Å². The molecular weight excluding hydrogens is 1310 g/mol. The van der Waals surface area contributed by atoms with Gasteiger partial charge < -0.3 is 33.8 Å². The third-order valence-electron chi connectivity index (χ3n) is 19.3. The molecule has 0 amide bonds. The van der Waals surface area contributed by atoms with E-state index >= 15 is 0 Å². The second-order valence-electron chi connectivity index (χ2n) is 29.9. The van der Waals surface area contributed by atoms with Gasteiger partial charge in [0.15, 0.2) is 12.2 Å². The SMILES string of the molecule is CCCCCCCCCCCCCCCCCCCCCCC(=O)O[C@H](COC(=O)CCCCCCCCCCCCCCCC(C)C)COP(=O)(O)OC[C@@H](O)COP(=O)(O)OC[C@@H](COC(=O)CCCCCCCCCCCC)OC(=O)CCCCCCCCCCCCC(C)CC. The Kier molecular flexibility index (Phi) is 71.2. The van der Waals surface area contributed by atoms with Crippen molar-refractivity contribution in [2.24, 2.45) is 11.8 Å². The van der Waals surface area contributed by atoms with Crippen LogP contribution in [0.5, 0.6) is 0 Å². The van der Waals surface area contributed by atoms with E-state index in [0.717, 1.165) is 102 Å². The second-order valence-corrected chi connectivity index (χ2v) is 32.8. The Morgan fingerprint density at radius 1 is 0.290 bits per heavy atom. The van der Waals surface area contributed by atoms with Crippen LogP contribution in [0.2, 0.25) is 0 Å². The van der Waals surface area contributed by atoms with Gasteiger partial charge in [0.05, 0.1) is 26.4 Å². The number of phosphoric acid groups is 2. The number of hydrogen-bond donors (Lipinski definition) is 3. The molecule has 100 heavy (non-hydrogen) atoms. The number of hydrogen-bond acceptors (Lipinski definition) is 15.